The van der Waals surface area contributed by atoms with E-state index < -0.39 is 11.6 Å². The molecule has 0 fully saturated rings. The van der Waals surface area contributed by atoms with Crippen LogP contribution in [0.4, 0.5) is 13.6 Å². The van der Waals surface area contributed by atoms with Gasteiger partial charge in [0.1, 0.15) is 16.7 Å². The molecule has 0 bridgehead atoms. The molecule has 1 aromatic heterocycles. The van der Waals surface area contributed by atoms with Crippen LogP contribution in [0.15, 0.2) is 34.3 Å². The molecule has 0 spiro atoms. The van der Waals surface area contributed by atoms with Crippen molar-refractivity contribution < 1.29 is 13.6 Å². The third-order valence-electron chi connectivity index (χ3n) is 3.10. The highest BCUT2D eigenvalue weighted by molar-refractivity contribution is 7.99. The largest absolute Gasteiger partial charge is 0.344 e. The zero-order valence-electron chi connectivity index (χ0n) is 12.7. The van der Waals surface area contributed by atoms with Gasteiger partial charge in [0.15, 0.2) is 0 Å². The lowest BCUT2D eigenvalue weighted by Crippen LogP contribution is -2.35. The minimum absolute atomic E-state index is 0.165. The van der Waals surface area contributed by atoms with Gasteiger partial charge in [0.2, 0.25) is 0 Å². The summed E-state index contributed by atoms with van der Waals surface area (Å²) in [5, 5.41) is 4.40. The fourth-order valence-corrected chi connectivity index (χ4v) is 3.03. The zero-order valence-corrected chi connectivity index (χ0v) is 14.3. The van der Waals surface area contributed by atoms with Crippen LogP contribution in [-0.4, -0.2) is 33.8 Å². The van der Waals surface area contributed by atoms with Crippen LogP contribution < -0.4 is 0 Å². The molecule has 0 saturated carbocycles. The molecule has 0 aliphatic carbocycles. The molecule has 0 unspecified atom stereocenters. The lowest BCUT2D eigenvalue weighted by molar-refractivity contribution is 0.198. The Hall–Kier alpha value is -1.60. The van der Waals surface area contributed by atoms with E-state index in [-0.39, 0.29) is 21.0 Å². The molecule has 2 aromatic rings. The van der Waals surface area contributed by atoms with Gasteiger partial charge in [0.05, 0.1) is 16.1 Å². The number of rotatable bonds is 5. The Kier molecular flexibility index (Phi) is 6.01. The minimum Gasteiger partial charge on any atom is -0.323 e. The SMILES string of the molecule is CCCN(CC)C(=O)n1cc(Cl)c(Sc2c(F)cccc2F)n1. The van der Waals surface area contributed by atoms with Crippen LogP contribution in [0.5, 0.6) is 0 Å². The molecular formula is C15H16ClF2N3OS. The Labute approximate surface area is 142 Å². The molecule has 1 amide bonds. The second-order valence-corrected chi connectivity index (χ2v) is 6.15. The highest BCUT2D eigenvalue weighted by atomic mass is 35.5. The molecule has 0 aliphatic heterocycles. The monoisotopic (exact) mass is 359 g/mol. The third-order valence-corrected chi connectivity index (χ3v) is 4.58. The maximum absolute atomic E-state index is 13.7. The van der Waals surface area contributed by atoms with E-state index in [1.165, 1.54) is 12.3 Å². The van der Waals surface area contributed by atoms with Gasteiger partial charge in [0.25, 0.3) is 0 Å². The van der Waals surface area contributed by atoms with E-state index >= 15 is 0 Å². The van der Waals surface area contributed by atoms with Gasteiger partial charge in [-0.2, -0.15) is 9.78 Å². The van der Waals surface area contributed by atoms with Crippen LogP contribution in [0.2, 0.25) is 5.02 Å². The van der Waals surface area contributed by atoms with Crippen LogP contribution in [-0.2, 0) is 0 Å². The zero-order chi connectivity index (χ0) is 17.0. The number of amides is 1. The average molecular weight is 360 g/mol. The maximum Gasteiger partial charge on any atom is 0.344 e. The number of nitrogens with zero attached hydrogens (tertiary/aromatic N) is 3. The van der Waals surface area contributed by atoms with Crippen LogP contribution in [0, 0.1) is 11.6 Å². The summed E-state index contributed by atoms with van der Waals surface area (Å²) in [7, 11) is 0. The third kappa shape index (κ3) is 4.03. The van der Waals surface area contributed by atoms with Crippen molar-refractivity contribution >= 4 is 29.4 Å². The standard InChI is InChI=1S/C15H16ClF2N3OS/c1-3-8-20(4-2)15(22)21-9-10(16)14(19-21)23-13-11(17)6-5-7-12(13)18/h5-7,9H,3-4,8H2,1-2H3. The summed E-state index contributed by atoms with van der Waals surface area (Å²) in [6.45, 7) is 4.96. The fourth-order valence-electron chi connectivity index (χ4n) is 1.98. The molecule has 0 atom stereocenters. The Balaban J connectivity index is 2.26. The topological polar surface area (TPSA) is 38.1 Å². The van der Waals surface area contributed by atoms with Gasteiger partial charge in [-0.3, -0.25) is 0 Å². The number of carbonyl (C=O) groups excluding carboxylic acids is 1. The first-order valence-electron chi connectivity index (χ1n) is 7.14. The lowest BCUT2D eigenvalue weighted by atomic mass is 10.3. The maximum atomic E-state index is 13.7. The second-order valence-electron chi connectivity index (χ2n) is 4.74. The number of aromatic nitrogens is 2. The van der Waals surface area contributed by atoms with Gasteiger partial charge in [-0.25, -0.2) is 13.6 Å². The normalized spacial score (nSPS) is 10.8. The van der Waals surface area contributed by atoms with Crippen LogP contribution >= 0.6 is 23.4 Å². The van der Waals surface area contributed by atoms with Crippen LogP contribution in [0.25, 0.3) is 0 Å². The summed E-state index contributed by atoms with van der Waals surface area (Å²) in [5.74, 6) is -1.40. The van der Waals surface area contributed by atoms with E-state index in [2.05, 4.69) is 5.10 Å². The number of hydrogen-bond acceptors (Lipinski definition) is 3. The average Bonchev–Trinajstić information content (AvgIpc) is 2.89. The first-order chi connectivity index (χ1) is 11.0. The second kappa shape index (κ2) is 7.79. The highest BCUT2D eigenvalue weighted by Crippen LogP contribution is 2.35. The Bertz CT molecular complexity index is 688. The summed E-state index contributed by atoms with van der Waals surface area (Å²) in [4.78, 5) is 13.7. The Morgan fingerprint density at radius 2 is 2.00 bits per heavy atom. The Morgan fingerprint density at radius 3 is 2.57 bits per heavy atom. The summed E-state index contributed by atoms with van der Waals surface area (Å²) < 4.78 is 28.5. The number of carbonyl (C=O) groups is 1. The first-order valence-corrected chi connectivity index (χ1v) is 8.33. The van der Waals surface area contributed by atoms with Crippen molar-refractivity contribution in [3.05, 3.63) is 41.1 Å². The van der Waals surface area contributed by atoms with E-state index in [0.29, 0.717) is 13.1 Å². The van der Waals surface area contributed by atoms with Crippen molar-refractivity contribution in [2.24, 2.45) is 0 Å². The van der Waals surface area contributed by atoms with Crippen molar-refractivity contribution in [2.75, 3.05) is 13.1 Å². The molecule has 23 heavy (non-hydrogen) atoms. The molecule has 4 nitrogen and oxygen atoms in total. The predicted octanol–water partition coefficient (Wildman–Crippen LogP) is 4.67. The van der Waals surface area contributed by atoms with E-state index in [9.17, 15) is 13.6 Å². The number of benzene rings is 1. The summed E-state index contributed by atoms with van der Waals surface area (Å²) in [5.41, 5.74) is 0. The molecule has 0 N–H and O–H groups in total. The summed E-state index contributed by atoms with van der Waals surface area (Å²) in [6, 6.07) is 3.27. The van der Waals surface area contributed by atoms with E-state index in [0.717, 1.165) is 35.0 Å². The summed E-state index contributed by atoms with van der Waals surface area (Å²) >= 11 is 6.80. The van der Waals surface area contributed by atoms with Gasteiger partial charge < -0.3 is 4.90 Å². The van der Waals surface area contributed by atoms with Gasteiger partial charge in [-0.1, -0.05) is 36.4 Å². The molecule has 8 heteroatoms. The highest BCUT2D eigenvalue weighted by Gasteiger charge is 2.19. The van der Waals surface area contributed by atoms with Gasteiger partial charge in [-0.15, -0.1) is 0 Å². The van der Waals surface area contributed by atoms with Crippen molar-refractivity contribution in [3.8, 4) is 0 Å². The van der Waals surface area contributed by atoms with Crippen molar-refractivity contribution in [3.63, 3.8) is 0 Å². The molecule has 0 radical (unpaired) electrons. The van der Waals surface area contributed by atoms with Crippen molar-refractivity contribution in [2.45, 2.75) is 30.2 Å². The van der Waals surface area contributed by atoms with Gasteiger partial charge in [0, 0.05) is 13.1 Å². The lowest BCUT2D eigenvalue weighted by Gasteiger charge is -2.19. The summed E-state index contributed by atoms with van der Waals surface area (Å²) in [6.07, 6.45) is 2.17. The number of halogens is 3. The predicted molar refractivity (Wildman–Crippen MR) is 86.1 cm³/mol. The van der Waals surface area contributed by atoms with Crippen molar-refractivity contribution in [1.82, 2.24) is 14.7 Å². The van der Waals surface area contributed by atoms with Crippen molar-refractivity contribution in [1.29, 1.82) is 0 Å². The fraction of sp³-hybridized carbons (Fsp3) is 0.333. The molecule has 1 aromatic carbocycles. The molecular weight excluding hydrogens is 344 g/mol. The molecule has 124 valence electrons. The minimum atomic E-state index is -0.701. The van der Waals surface area contributed by atoms with Gasteiger partial charge >= 0.3 is 6.03 Å². The molecule has 1 heterocycles. The van der Waals surface area contributed by atoms with E-state index in [1.54, 1.807) is 4.90 Å². The van der Waals surface area contributed by atoms with E-state index in [4.69, 9.17) is 11.6 Å². The first kappa shape index (κ1) is 17.7. The van der Waals surface area contributed by atoms with E-state index in [1.807, 2.05) is 13.8 Å². The molecule has 2 rings (SSSR count). The molecule has 0 aliphatic rings. The quantitative estimate of drug-likeness (QED) is 0.778. The van der Waals surface area contributed by atoms with Crippen LogP contribution in [0.3, 0.4) is 0 Å². The number of hydrogen-bond donors (Lipinski definition) is 0. The molecule has 0 saturated heterocycles. The Morgan fingerprint density at radius 1 is 1.35 bits per heavy atom. The van der Waals surface area contributed by atoms with Gasteiger partial charge in [-0.05, 0) is 25.5 Å². The smallest absolute Gasteiger partial charge is 0.323 e. The van der Waals surface area contributed by atoms with Crippen LogP contribution in [0.1, 0.15) is 20.3 Å².